The lowest BCUT2D eigenvalue weighted by Crippen LogP contribution is -2.25. The van der Waals surface area contributed by atoms with Gasteiger partial charge in [0.05, 0.1) is 7.11 Å². The standard InChI is InChI=1S/C18H22FNO/c1-12-4-5-14(8-13(12)2)9-16(20)10-15-6-7-18(21-3)17(19)11-15/h4-8,11,16H,9-10,20H2,1-3H3. The number of methoxy groups -OCH3 is 1. The summed E-state index contributed by atoms with van der Waals surface area (Å²) in [5.74, 6) is -0.0742. The quantitative estimate of drug-likeness (QED) is 0.912. The molecule has 0 aliphatic rings. The van der Waals surface area contributed by atoms with Crippen LogP contribution in [0.5, 0.6) is 5.75 Å². The third-order valence-electron chi connectivity index (χ3n) is 3.78. The van der Waals surface area contributed by atoms with Crippen LogP contribution in [0.4, 0.5) is 4.39 Å². The van der Waals surface area contributed by atoms with Gasteiger partial charge in [0.1, 0.15) is 0 Å². The maximum absolute atomic E-state index is 13.7. The van der Waals surface area contributed by atoms with E-state index in [1.54, 1.807) is 6.07 Å². The summed E-state index contributed by atoms with van der Waals surface area (Å²) >= 11 is 0. The molecule has 0 amide bonds. The van der Waals surface area contributed by atoms with Crippen molar-refractivity contribution in [2.45, 2.75) is 32.7 Å². The predicted octanol–water partition coefficient (Wildman–Crippen LogP) is 3.56. The van der Waals surface area contributed by atoms with Gasteiger partial charge in [-0.3, -0.25) is 0 Å². The van der Waals surface area contributed by atoms with Crippen LogP contribution < -0.4 is 10.5 Å². The summed E-state index contributed by atoms with van der Waals surface area (Å²) in [6.45, 7) is 4.20. The Bertz CT molecular complexity index is 625. The number of rotatable bonds is 5. The Hall–Kier alpha value is -1.87. The predicted molar refractivity (Wildman–Crippen MR) is 84.3 cm³/mol. The van der Waals surface area contributed by atoms with Gasteiger partial charge in [-0.25, -0.2) is 4.39 Å². The molecule has 0 saturated heterocycles. The third-order valence-corrected chi connectivity index (χ3v) is 3.78. The van der Waals surface area contributed by atoms with E-state index in [2.05, 4.69) is 32.0 Å². The minimum Gasteiger partial charge on any atom is -0.494 e. The summed E-state index contributed by atoms with van der Waals surface area (Å²) in [5, 5.41) is 0. The number of hydrogen-bond acceptors (Lipinski definition) is 2. The molecule has 0 radical (unpaired) electrons. The number of ether oxygens (including phenoxy) is 1. The fourth-order valence-electron chi connectivity index (χ4n) is 2.45. The van der Waals surface area contributed by atoms with E-state index in [0.717, 1.165) is 12.0 Å². The highest BCUT2D eigenvalue weighted by atomic mass is 19.1. The molecule has 0 spiro atoms. The molecule has 0 aliphatic heterocycles. The second-order valence-electron chi connectivity index (χ2n) is 5.56. The van der Waals surface area contributed by atoms with Crippen molar-refractivity contribution < 1.29 is 9.13 Å². The van der Waals surface area contributed by atoms with E-state index in [1.165, 1.54) is 29.9 Å². The first kappa shape index (κ1) is 15.5. The fraction of sp³-hybridized carbons (Fsp3) is 0.333. The molecular weight excluding hydrogens is 265 g/mol. The van der Waals surface area contributed by atoms with E-state index in [-0.39, 0.29) is 17.6 Å². The normalized spacial score (nSPS) is 12.2. The molecule has 3 heteroatoms. The van der Waals surface area contributed by atoms with Gasteiger partial charge in [-0.15, -0.1) is 0 Å². The Kier molecular flexibility index (Phi) is 4.97. The summed E-state index contributed by atoms with van der Waals surface area (Å²) in [5.41, 5.74) is 10.9. The Morgan fingerprint density at radius 2 is 1.62 bits per heavy atom. The summed E-state index contributed by atoms with van der Waals surface area (Å²) < 4.78 is 18.6. The van der Waals surface area contributed by atoms with Crippen LogP contribution >= 0.6 is 0 Å². The molecule has 2 nitrogen and oxygen atoms in total. The molecule has 1 atom stereocenters. The van der Waals surface area contributed by atoms with Crippen molar-refractivity contribution in [3.8, 4) is 5.75 Å². The molecule has 21 heavy (non-hydrogen) atoms. The molecule has 2 aromatic carbocycles. The molecule has 0 saturated carbocycles. The lowest BCUT2D eigenvalue weighted by atomic mass is 9.97. The average molecular weight is 287 g/mol. The first-order valence-electron chi connectivity index (χ1n) is 7.13. The van der Waals surface area contributed by atoms with Crippen LogP contribution in [-0.2, 0) is 12.8 Å². The average Bonchev–Trinajstić information content (AvgIpc) is 2.43. The van der Waals surface area contributed by atoms with Gasteiger partial charge in [-0.05, 0) is 61.1 Å². The minimum absolute atomic E-state index is 0.0279. The van der Waals surface area contributed by atoms with E-state index in [4.69, 9.17) is 10.5 Å². The van der Waals surface area contributed by atoms with E-state index >= 15 is 0 Å². The number of aryl methyl sites for hydroxylation is 2. The van der Waals surface area contributed by atoms with Gasteiger partial charge in [0, 0.05) is 6.04 Å². The van der Waals surface area contributed by atoms with Gasteiger partial charge in [-0.2, -0.15) is 0 Å². The van der Waals surface area contributed by atoms with Gasteiger partial charge in [0.25, 0.3) is 0 Å². The molecule has 0 fully saturated rings. The van der Waals surface area contributed by atoms with Crippen LogP contribution in [0.3, 0.4) is 0 Å². The van der Waals surface area contributed by atoms with Crippen LogP contribution in [0.25, 0.3) is 0 Å². The zero-order chi connectivity index (χ0) is 15.4. The number of hydrogen-bond donors (Lipinski definition) is 1. The first-order chi connectivity index (χ1) is 9.99. The van der Waals surface area contributed by atoms with Crippen molar-refractivity contribution >= 4 is 0 Å². The van der Waals surface area contributed by atoms with E-state index < -0.39 is 0 Å². The van der Waals surface area contributed by atoms with Gasteiger partial charge < -0.3 is 10.5 Å². The first-order valence-corrected chi connectivity index (χ1v) is 7.13. The van der Waals surface area contributed by atoms with Crippen LogP contribution in [0.1, 0.15) is 22.3 Å². The van der Waals surface area contributed by atoms with Crippen LogP contribution in [-0.4, -0.2) is 13.2 Å². The number of nitrogens with two attached hydrogens (primary N) is 1. The highest BCUT2D eigenvalue weighted by Gasteiger charge is 2.09. The summed E-state index contributed by atoms with van der Waals surface area (Å²) in [6, 6.07) is 11.4. The zero-order valence-electron chi connectivity index (χ0n) is 12.8. The molecule has 0 heterocycles. The van der Waals surface area contributed by atoms with Crippen LogP contribution in [0.2, 0.25) is 0 Å². The molecule has 112 valence electrons. The molecule has 1 unspecified atom stereocenters. The van der Waals surface area contributed by atoms with Crippen molar-refractivity contribution in [3.05, 3.63) is 64.5 Å². The fourth-order valence-corrected chi connectivity index (χ4v) is 2.45. The molecule has 2 rings (SSSR count). The Labute approximate surface area is 125 Å². The summed E-state index contributed by atoms with van der Waals surface area (Å²) in [4.78, 5) is 0. The topological polar surface area (TPSA) is 35.2 Å². The SMILES string of the molecule is COc1ccc(CC(N)Cc2ccc(C)c(C)c2)cc1F. The number of benzene rings is 2. The second kappa shape index (κ2) is 6.72. The van der Waals surface area contributed by atoms with Gasteiger partial charge in [0.15, 0.2) is 11.6 Å². The molecular formula is C18H22FNO. The summed E-state index contributed by atoms with van der Waals surface area (Å²) in [6.07, 6.45) is 1.43. The smallest absolute Gasteiger partial charge is 0.165 e. The van der Waals surface area contributed by atoms with E-state index in [0.29, 0.717) is 6.42 Å². The molecule has 0 aromatic heterocycles. The Morgan fingerprint density at radius 1 is 1.00 bits per heavy atom. The third kappa shape index (κ3) is 4.05. The van der Waals surface area contributed by atoms with Crippen LogP contribution in [0, 0.1) is 19.7 Å². The van der Waals surface area contributed by atoms with Crippen molar-refractivity contribution in [1.82, 2.24) is 0 Å². The van der Waals surface area contributed by atoms with E-state index in [1.807, 2.05) is 6.07 Å². The van der Waals surface area contributed by atoms with Crippen molar-refractivity contribution in [2.24, 2.45) is 5.73 Å². The largest absolute Gasteiger partial charge is 0.494 e. The molecule has 0 bridgehead atoms. The number of halogens is 1. The maximum atomic E-state index is 13.7. The minimum atomic E-state index is -0.339. The molecule has 2 N–H and O–H groups in total. The lowest BCUT2D eigenvalue weighted by Gasteiger charge is -2.13. The van der Waals surface area contributed by atoms with Crippen LogP contribution in [0.15, 0.2) is 36.4 Å². The maximum Gasteiger partial charge on any atom is 0.165 e. The second-order valence-corrected chi connectivity index (χ2v) is 5.56. The Balaban J connectivity index is 2.02. The van der Waals surface area contributed by atoms with Crippen molar-refractivity contribution in [3.63, 3.8) is 0 Å². The summed E-state index contributed by atoms with van der Waals surface area (Å²) in [7, 11) is 1.46. The van der Waals surface area contributed by atoms with Crippen molar-refractivity contribution in [1.29, 1.82) is 0 Å². The Morgan fingerprint density at radius 3 is 2.19 bits per heavy atom. The van der Waals surface area contributed by atoms with E-state index in [9.17, 15) is 4.39 Å². The molecule has 2 aromatic rings. The lowest BCUT2D eigenvalue weighted by molar-refractivity contribution is 0.386. The van der Waals surface area contributed by atoms with Crippen molar-refractivity contribution in [2.75, 3.05) is 7.11 Å². The van der Waals surface area contributed by atoms with Gasteiger partial charge in [-0.1, -0.05) is 24.3 Å². The monoisotopic (exact) mass is 287 g/mol. The highest BCUT2D eigenvalue weighted by Crippen LogP contribution is 2.19. The zero-order valence-corrected chi connectivity index (χ0v) is 12.8. The van der Waals surface area contributed by atoms with Gasteiger partial charge >= 0.3 is 0 Å². The van der Waals surface area contributed by atoms with Gasteiger partial charge in [0.2, 0.25) is 0 Å². The highest BCUT2D eigenvalue weighted by molar-refractivity contribution is 5.32. The molecule has 0 aliphatic carbocycles.